The molecule has 1 aromatic rings. The maximum atomic E-state index is 11.7. The zero-order valence-electron chi connectivity index (χ0n) is 8.83. The fourth-order valence-electron chi connectivity index (χ4n) is 1.34. The first-order valence-electron chi connectivity index (χ1n) is 5.05. The van der Waals surface area contributed by atoms with Crippen LogP contribution in [-0.2, 0) is 15.6 Å². The van der Waals surface area contributed by atoms with Crippen LogP contribution in [0.5, 0.6) is 0 Å². The Labute approximate surface area is 106 Å². The summed E-state index contributed by atoms with van der Waals surface area (Å²) in [6.45, 7) is 0. The number of sulfone groups is 1. The third-order valence-electron chi connectivity index (χ3n) is 2.17. The van der Waals surface area contributed by atoms with Gasteiger partial charge in [0.1, 0.15) is 0 Å². The van der Waals surface area contributed by atoms with E-state index in [1.165, 1.54) is 0 Å². The van der Waals surface area contributed by atoms with Gasteiger partial charge in [-0.25, -0.2) is 8.42 Å². The molecule has 0 unspecified atom stereocenters. The maximum absolute atomic E-state index is 11.7. The van der Waals surface area contributed by atoms with E-state index in [1.54, 1.807) is 24.3 Å². The summed E-state index contributed by atoms with van der Waals surface area (Å²) in [5, 5.41) is 0.503. The average Bonchev–Trinajstić information content (AvgIpc) is 2.21. The van der Waals surface area contributed by atoms with E-state index in [4.69, 9.17) is 23.2 Å². The van der Waals surface area contributed by atoms with Crippen LogP contribution in [0.25, 0.3) is 0 Å². The summed E-state index contributed by atoms with van der Waals surface area (Å²) in [5.74, 6) is 0.682. The van der Waals surface area contributed by atoms with Crippen LogP contribution in [0.4, 0.5) is 0 Å². The molecule has 0 saturated carbocycles. The number of hydrogen-bond acceptors (Lipinski definition) is 2. The van der Waals surface area contributed by atoms with Gasteiger partial charge in [0.25, 0.3) is 0 Å². The monoisotopic (exact) mass is 280 g/mol. The fraction of sp³-hybridized carbons (Fsp3) is 0.455. The summed E-state index contributed by atoms with van der Waals surface area (Å²) in [6.07, 6.45) is 1.33. The molecule has 0 aliphatic rings. The van der Waals surface area contributed by atoms with Gasteiger partial charge in [0, 0.05) is 10.9 Å². The summed E-state index contributed by atoms with van der Waals surface area (Å²) in [7, 11) is -3.07. The zero-order chi connectivity index (χ0) is 12.0. The van der Waals surface area contributed by atoms with Gasteiger partial charge in [-0.15, -0.1) is 11.6 Å². The molecule has 0 aliphatic heterocycles. The van der Waals surface area contributed by atoms with Crippen LogP contribution in [0.15, 0.2) is 24.3 Å². The Morgan fingerprint density at radius 3 is 2.44 bits per heavy atom. The molecule has 2 nitrogen and oxygen atoms in total. The highest BCUT2D eigenvalue weighted by Gasteiger charge is 2.13. The van der Waals surface area contributed by atoms with E-state index in [0.717, 1.165) is 6.42 Å². The minimum atomic E-state index is -3.07. The Bertz CT molecular complexity index is 429. The van der Waals surface area contributed by atoms with Crippen molar-refractivity contribution in [1.82, 2.24) is 0 Å². The molecular weight excluding hydrogens is 267 g/mol. The van der Waals surface area contributed by atoms with Crippen LogP contribution < -0.4 is 0 Å². The molecule has 5 heteroatoms. The van der Waals surface area contributed by atoms with Crippen molar-refractivity contribution in [3.63, 3.8) is 0 Å². The highest BCUT2D eigenvalue weighted by molar-refractivity contribution is 7.90. The van der Waals surface area contributed by atoms with Crippen LogP contribution in [0.3, 0.4) is 0 Å². The van der Waals surface area contributed by atoms with Crippen molar-refractivity contribution in [3.8, 4) is 0 Å². The second-order valence-electron chi connectivity index (χ2n) is 3.58. The van der Waals surface area contributed by atoms with E-state index >= 15 is 0 Å². The molecule has 1 rings (SSSR count). The second kappa shape index (κ2) is 6.48. The predicted molar refractivity (Wildman–Crippen MR) is 68.9 cm³/mol. The molecule has 0 heterocycles. The zero-order valence-corrected chi connectivity index (χ0v) is 11.2. The van der Waals surface area contributed by atoms with E-state index < -0.39 is 9.84 Å². The molecule has 0 radical (unpaired) electrons. The van der Waals surface area contributed by atoms with Crippen molar-refractivity contribution in [2.45, 2.75) is 18.6 Å². The quantitative estimate of drug-likeness (QED) is 0.592. The molecule has 0 aliphatic carbocycles. The Morgan fingerprint density at radius 1 is 1.12 bits per heavy atom. The van der Waals surface area contributed by atoms with Gasteiger partial charge in [0.2, 0.25) is 0 Å². The molecule has 0 saturated heterocycles. The van der Waals surface area contributed by atoms with Crippen molar-refractivity contribution in [3.05, 3.63) is 34.9 Å². The van der Waals surface area contributed by atoms with Crippen LogP contribution in [0, 0.1) is 0 Å². The molecule has 0 aromatic heterocycles. The van der Waals surface area contributed by atoms with Crippen molar-refractivity contribution in [2.75, 3.05) is 11.6 Å². The van der Waals surface area contributed by atoms with E-state index in [2.05, 4.69) is 0 Å². The van der Waals surface area contributed by atoms with Gasteiger partial charge in [0.05, 0.1) is 11.5 Å². The number of halogens is 2. The Balaban J connectivity index is 2.63. The highest BCUT2D eigenvalue weighted by Crippen LogP contribution is 2.18. The van der Waals surface area contributed by atoms with Crippen LogP contribution >= 0.6 is 23.2 Å². The third kappa shape index (κ3) is 4.73. The largest absolute Gasteiger partial charge is 0.228 e. The van der Waals surface area contributed by atoms with Gasteiger partial charge in [0.15, 0.2) is 9.84 Å². The van der Waals surface area contributed by atoms with Gasteiger partial charge in [-0.1, -0.05) is 29.8 Å². The summed E-state index contributed by atoms with van der Waals surface area (Å²) in [6, 6.07) is 7.01. The lowest BCUT2D eigenvalue weighted by atomic mass is 10.2. The Morgan fingerprint density at radius 2 is 1.81 bits per heavy atom. The van der Waals surface area contributed by atoms with E-state index in [-0.39, 0.29) is 11.5 Å². The van der Waals surface area contributed by atoms with E-state index in [1.807, 2.05) is 0 Å². The smallest absolute Gasteiger partial charge is 0.154 e. The number of unbranched alkanes of at least 4 members (excludes halogenated alkanes) is 1. The van der Waals surface area contributed by atoms with Crippen molar-refractivity contribution in [2.24, 2.45) is 0 Å². The molecule has 1 aromatic carbocycles. The third-order valence-corrected chi connectivity index (χ3v) is 4.47. The van der Waals surface area contributed by atoms with Gasteiger partial charge in [-0.05, 0) is 24.5 Å². The van der Waals surface area contributed by atoms with Crippen LogP contribution in [0.1, 0.15) is 18.4 Å². The molecule has 0 atom stereocenters. The minimum absolute atomic E-state index is 0.00889. The van der Waals surface area contributed by atoms with Crippen LogP contribution in [-0.4, -0.2) is 20.1 Å². The van der Waals surface area contributed by atoms with Gasteiger partial charge < -0.3 is 0 Å². The van der Waals surface area contributed by atoms with Gasteiger partial charge >= 0.3 is 0 Å². The van der Waals surface area contributed by atoms with Crippen molar-refractivity contribution < 1.29 is 8.42 Å². The number of benzene rings is 1. The minimum Gasteiger partial charge on any atom is -0.228 e. The molecule has 16 heavy (non-hydrogen) atoms. The molecule has 0 fully saturated rings. The molecular formula is C11H14Cl2O2S. The first kappa shape index (κ1) is 13.8. The van der Waals surface area contributed by atoms with E-state index in [0.29, 0.717) is 22.9 Å². The maximum Gasteiger partial charge on any atom is 0.154 e. The first-order chi connectivity index (χ1) is 7.55. The van der Waals surface area contributed by atoms with Crippen molar-refractivity contribution in [1.29, 1.82) is 0 Å². The second-order valence-corrected chi connectivity index (χ2v) is 6.55. The molecule has 0 spiro atoms. The topological polar surface area (TPSA) is 34.1 Å². The lowest BCUT2D eigenvalue weighted by Crippen LogP contribution is -2.09. The lowest BCUT2D eigenvalue weighted by molar-refractivity contribution is 0.592. The Hall–Kier alpha value is -0.250. The Kier molecular flexibility index (Phi) is 5.59. The summed E-state index contributed by atoms with van der Waals surface area (Å²) >= 11 is 11.4. The molecule has 0 bridgehead atoms. The summed E-state index contributed by atoms with van der Waals surface area (Å²) in [4.78, 5) is 0. The molecule has 0 amide bonds. The standard InChI is InChI=1S/C11H14Cl2O2S/c12-7-3-4-8-16(14,15)9-10-5-1-2-6-11(10)13/h1-2,5-6H,3-4,7-9H2. The summed E-state index contributed by atoms with van der Waals surface area (Å²) in [5.41, 5.74) is 0.662. The molecule has 0 N–H and O–H groups in total. The number of alkyl halides is 1. The number of rotatable bonds is 6. The molecule has 90 valence electrons. The van der Waals surface area contributed by atoms with Crippen LogP contribution in [0.2, 0.25) is 5.02 Å². The fourth-order valence-corrected chi connectivity index (χ4v) is 3.33. The predicted octanol–water partition coefficient (Wildman–Crippen LogP) is 3.27. The van der Waals surface area contributed by atoms with Crippen molar-refractivity contribution >= 4 is 33.0 Å². The van der Waals surface area contributed by atoms with Gasteiger partial charge in [-0.2, -0.15) is 0 Å². The highest BCUT2D eigenvalue weighted by atomic mass is 35.5. The van der Waals surface area contributed by atoms with Gasteiger partial charge in [-0.3, -0.25) is 0 Å². The lowest BCUT2D eigenvalue weighted by Gasteiger charge is -2.05. The SMILES string of the molecule is O=S(=O)(CCCCCl)Cc1ccccc1Cl. The normalized spacial score (nSPS) is 11.6. The van der Waals surface area contributed by atoms with E-state index in [9.17, 15) is 8.42 Å². The first-order valence-corrected chi connectivity index (χ1v) is 7.78. The summed E-state index contributed by atoms with van der Waals surface area (Å²) < 4.78 is 23.5. The average molecular weight is 281 g/mol. The number of hydrogen-bond donors (Lipinski definition) is 0.